The number of halogens is 1. The lowest BCUT2D eigenvalue weighted by molar-refractivity contribution is 0.617. The molecule has 6 heteroatoms. The van der Waals surface area contributed by atoms with E-state index in [1.807, 2.05) is 0 Å². The Morgan fingerprint density at radius 3 is 3.00 bits per heavy atom. The summed E-state index contributed by atoms with van der Waals surface area (Å²) < 4.78 is 1.24. The number of aryl methyl sites for hydroxylation is 1. The molecule has 0 aromatic carbocycles. The van der Waals surface area contributed by atoms with Gasteiger partial charge in [-0.05, 0) is 10.4 Å². The summed E-state index contributed by atoms with van der Waals surface area (Å²) in [5.41, 5.74) is -0.269. The minimum Gasteiger partial charge on any atom is -0.245 e. The van der Waals surface area contributed by atoms with E-state index in [-0.39, 0.29) is 5.69 Å². The zero-order valence-corrected chi connectivity index (χ0v) is 6.13. The maximum Gasteiger partial charge on any atom is 0.361 e. The van der Waals surface area contributed by atoms with Crippen LogP contribution in [0.3, 0.4) is 0 Å². The van der Waals surface area contributed by atoms with E-state index in [1.165, 1.54) is 4.68 Å². The van der Waals surface area contributed by atoms with Crippen LogP contribution in [0.25, 0.3) is 0 Å². The van der Waals surface area contributed by atoms with Crippen LogP contribution in [-0.4, -0.2) is 25.5 Å². The third-order valence-corrected chi connectivity index (χ3v) is 1.18. The van der Waals surface area contributed by atoms with E-state index >= 15 is 0 Å². The number of nitrogens with zero attached hydrogens (tertiary/aromatic N) is 3. The maximum atomic E-state index is 10.6. The SMILES string of the molecule is O=c1[nH]nnn1CCBr. The Kier molecular flexibility index (Phi) is 1.99. The van der Waals surface area contributed by atoms with E-state index < -0.39 is 0 Å². The number of aromatic amines is 1. The van der Waals surface area contributed by atoms with Crippen molar-refractivity contribution in [2.75, 3.05) is 5.33 Å². The highest BCUT2D eigenvalue weighted by atomic mass is 79.9. The molecule has 50 valence electrons. The molecule has 1 aromatic rings. The van der Waals surface area contributed by atoms with E-state index in [1.54, 1.807) is 0 Å². The number of hydrogen-bond acceptors (Lipinski definition) is 3. The Morgan fingerprint density at radius 1 is 1.78 bits per heavy atom. The smallest absolute Gasteiger partial charge is 0.245 e. The monoisotopic (exact) mass is 192 g/mol. The van der Waals surface area contributed by atoms with Crippen LogP contribution in [0.5, 0.6) is 0 Å². The summed E-state index contributed by atoms with van der Waals surface area (Å²) in [4.78, 5) is 10.6. The Hall–Kier alpha value is -0.650. The molecule has 1 rings (SSSR count). The molecule has 0 aliphatic carbocycles. The zero-order chi connectivity index (χ0) is 6.69. The Morgan fingerprint density at radius 2 is 2.56 bits per heavy atom. The Balaban J connectivity index is 2.81. The number of tetrazole rings is 1. The van der Waals surface area contributed by atoms with Crippen molar-refractivity contribution in [2.45, 2.75) is 6.54 Å². The van der Waals surface area contributed by atoms with Gasteiger partial charge in [0.05, 0.1) is 6.54 Å². The van der Waals surface area contributed by atoms with Crippen molar-refractivity contribution in [1.29, 1.82) is 0 Å². The lowest BCUT2D eigenvalue weighted by atomic mass is 10.8. The van der Waals surface area contributed by atoms with Gasteiger partial charge in [0.25, 0.3) is 0 Å². The molecule has 0 amide bonds. The van der Waals surface area contributed by atoms with Crippen molar-refractivity contribution >= 4 is 15.9 Å². The van der Waals surface area contributed by atoms with Crippen molar-refractivity contribution in [3.8, 4) is 0 Å². The molecular formula is C3H5BrN4O. The molecule has 1 aromatic heterocycles. The number of H-pyrrole nitrogens is 1. The highest BCUT2D eigenvalue weighted by Gasteiger charge is 1.93. The molecular weight excluding hydrogens is 188 g/mol. The lowest BCUT2D eigenvalue weighted by Crippen LogP contribution is -2.18. The maximum absolute atomic E-state index is 10.6. The standard InChI is InChI=1S/C3H5BrN4O/c4-1-2-8-3(9)5-6-7-8/h1-2H2,(H,5,7,9). The van der Waals surface area contributed by atoms with Crippen molar-refractivity contribution < 1.29 is 0 Å². The summed E-state index contributed by atoms with van der Waals surface area (Å²) in [6.45, 7) is 0.551. The number of aromatic nitrogens is 4. The van der Waals surface area contributed by atoms with E-state index in [9.17, 15) is 4.79 Å². The molecule has 9 heavy (non-hydrogen) atoms. The van der Waals surface area contributed by atoms with Crippen molar-refractivity contribution in [2.24, 2.45) is 0 Å². The largest absolute Gasteiger partial charge is 0.361 e. The number of hydrogen-bond donors (Lipinski definition) is 1. The average Bonchev–Trinajstić information content (AvgIpc) is 2.18. The molecule has 0 unspecified atom stereocenters. The quantitative estimate of drug-likeness (QED) is 0.635. The molecule has 0 atom stereocenters. The van der Waals surface area contributed by atoms with E-state index in [4.69, 9.17) is 0 Å². The molecule has 0 aliphatic rings. The topological polar surface area (TPSA) is 63.6 Å². The second-order valence-electron chi connectivity index (χ2n) is 1.42. The van der Waals surface area contributed by atoms with Crippen LogP contribution in [0, 0.1) is 0 Å². The Labute approximate surface area is 59.2 Å². The van der Waals surface area contributed by atoms with Gasteiger partial charge in [0.1, 0.15) is 0 Å². The van der Waals surface area contributed by atoms with Crippen LogP contribution in [-0.2, 0) is 6.54 Å². The molecule has 0 radical (unpaired) electrons. The van der Waals surface area contributed by atoms with Gasteiger partial charge in [0, 0.05) is 5.33 Å². The van der Waals surface area contributed by atoms with E-state index in [0.29, 0.717) is 11.9 Å². The predicted molar refractivity (Wildman–Crippen MR) is 34.4 cm³/mol. The van der Waals surface area contributed by atoms with E-state index in [2.05, 4.69) is 31.5 Å². The minimum absolute atomic E-state index is 0.269. The number of alkyl halides is 1. The van der Waals surface area contributed by atoms with Gasteiger partial charge in [0.2, 0.25) is 0 Å². The average molecular weight is 193 g/mol. The fourth-order valence-electron chi connectivity index (χ4n) is 0.444. The summed E-state index contributed by atoms with van der Waals surface area (Å²) >= 11 is 3.16. The third kappa shape index (κ3) is 1.38. The molecule has 0 aliphatic heterocycles. The second kappa shape index (κ2) is 2.77. The normalized spacial score (nSPS) is 9.89. The van der Waals surface area contributed by atoms with Crippen LogP contribution in [0.15, 0.2) is 4.79 Å². The van der Waals surface area contributed by atoms with Gasteiger partial charge in [-0.1, -0.05) is 15.9 Å². The summed E-state index contributed by atoms with van der Waals surface area (Å²) in [6.07, 6.45) is 0. The van der Waals surface area contributed by atoms with Gasteiger partial charge < -0.3 is 0 Å². The number of nitrogens with one attached hydrogen (secondary N) is 1. The van der Waals surface area contributed by atoms with Gasteiger partial charge in [-0.15, -0.1) is 0 Å². The fourth-order valence-corrected chi connectivity index (χ4v) is 0.780. The van der Waals surface area contributed by atoms with Crippen LogP contribution in [0.2, 0.25) is 0 Å². The second-order valence-corrected chi connectivity index (χ2v) is 2.21. The minimum atomic E-state index is -0.269. The lowest BCUT2D eigenvalue weighted by Gasteiger charge is -1.87. The first-order valence-corrected chi connectivity index (χ1v) is 3.51. The van der Waals surface area contributed by atoms with Gasteiger partial charge in [0.15, 0.2) is 0 Å². The molecule has 0 bridgehead atoms. The van der Waals surface area contributed by atoms with Crippen molar-refractivity contribution in [1.82, 2.24) is 20.2 Å². The fraction of sp³-hybridized carbons (Fsp3) is 0.667. The zero-order valence-electron chi connectivity index (χ0n) is 4.54. The summed E-state index contributed by atoms with van der Waals surface area (Å²) in [5, 5.41) is 9.66. The van der Waals surface area contributed by atoms with Gasteiger partial charge >= 0.3 is 5.69 Å². The number of rotatable bonds is 2. The third-order valence-electron chi connectivity index (χ3n) is 0.829. The highest BCUT2D eigenvalue weighted by Crippen LogP contribution is 1.79. The van der Waals surface area contributed by atoms with Crippen molar-refractivity contribution in [3.63, 3.8) is 0 Å². The molecule has 0 spiro atoms. The summed E-state index contributed by atoms with van der Waals surface area (Å²) in [7, 11) is 0. The predicted octanol–water partition coefficient (Wildman–Crippen LogP) is -0.639. The highest BCUT2D eigenvalue weighted by molar-refractivity contribution is 9.09. The molecule has 0 saturated carbocycles. The Bertz CT molecular complexity index is 228. The summed E-state index contributed by atoms with van der Waals surface area (Å²) in [6, 6.07) is 0. The molecule has 0 fully saturated rings. The summed E-state index contributed by atoms with van der Waals surface area (Å²) in [5.74, 6) is 0. The van der Waals surface area contributed by atoms with Gasteiger partial charge in [-0.25, -0.2) is 9.89 Å². The first-order chi connectivity index (χ1) is 4.34. The van der Waals surface area contributed by atoms with Crippen molar-refractivity contribution in [3.05, 3.63) is 10.5 Å². The van der Waals surface area contributed by atoms with Gasteiger partial charge in [-0.3, -0.25) is 0 Å². The molecule has 1 N–H and O–H groups in total. The molecule has 5 nitrogen and oxygen atoms in total. The van der Waals surface area contributed by atoms with Crippen LogP contribution in [0.4, 0.5) is 0 Å². The van der Waals surface area contributed by atoms with Crippen LogP contribution < -0.4 is 5.69 Å². The first kappa shape index (κ1) is 6.47. The van der Waals surface area contributed by atoms with Crippen LogP contribution >= 0.6 is 15.9 Å². The van der Waals surface area contributed by atoms with Gasteiger partial charge in [-0.2, -0.15) is 4.68 Å². The van der Waals surface area contributed by atoms with Crippen LogP contribution in [0.1, 0.15) is 0 Å². The first-order valence-electron chi connectivity index (χ1n) is 2.38. The van der Waals surface area contributed by atoms with E-state index in [0.717, 1.165) is 0 Å². The molecule has 0 saturated heterocycles. The molecule has 1 heterocycles.